The number of primary amides is 1. The van der Waals surface area contributed by atoms with Gasteiger partial charge in [0.25, 0.3) is 0 Å². The SMILES string of the molecule is CN=C(NCc1cccc(CN2CCCC(C(N)=O)C2)c1)NCC(OC)C(C)(C)C. The van der Waals surface area contributed by atoms with E-state index in [9.17, 15) is 4.79 Å². The number of amides is 1. The highest BCUT2D eigenvalue weighted by atomic mass is 16.5. The third-order valence-corrected chi connectivity index (χ3v) is 5.69. The van der Waals surface area contributed by atoms with Crippen LogP contribution in [0.2, 0.25) is 0 Å². The van der Waals surface area contributed by atoms with Crippen LogP contribution in [0, 0.1) is 11.3 Å². The van der Waals surface area contributed by atoms with Gasteiger partial charge in [0.05, 0.1) is 12.0 Å². The second kappa shape index (κ2) is 11.3. The van der Waals surface area contributed by atoms with Crippen molar-refractivity contribution >= 4 is 11.9 Å². The molecule has 7 heteroatoms. The van der Waals surface area contributed by atoms with Crippen LogP contribution in [-0.2, 0) is 22.6 Å². The van der Waals surface area contributed by atoms with Crippen LogP contribution < -0.4 is 16.4 Å². The number of aliphatic imine (C=N–C) groups is 1. The molecule has 0 aliphatic carbocycles. The lowest BCUT2D eigenvalue weighted by molar-refractivity contribution is -0.123. The first kappa shape index (κ1) is 24.2. The Morgan fingerprint density at radius 2 is 2.07 bits per heavy atom. The van der Waals surface area contributed by atoms with E-state index in [4.69, 9.17) is 10.5 Å². The van der Waals surface area contributed by atoms with Crippen molar-refractivity contribution in [3.05, 3.63) is 35.4 Å². The Morgan fingerprint density at radius 1 is 1.33 bits per heavy atom. The van der Waals surface area contributed by atoms with Crippen LogP contribution in [0.15, 0.2) is 29.3 Å². The van der Waals surface area contributed by atoms with E-state index in [-0.39, 0.29) is 23.3 Å². The van der Waals surface area contributed by atoms with E-state index in [1.807, 2.05) is 0 Å². The number of benzene rings is 1. The molecule has 0 radical (unpaired) electrons. The van der Waals surface area contributed by atoms with E-state index in [0.717, 1.165) is 38.4 Å². The molecule has 4 N–H and O–H groups in total. The molecule has 2 atom stereocenters. The average molecular weight is 418 g/mol. The second-order valence-electron chi connectivity index (χ2n) is 9.19. The maximum Gasteiger partial charge on any atom is 0.221 e. The Balaban J connectivity index is 1.87. The van der Waals surface area contributed by atoms with Crippen LogP contribution in [0.3, 0.4) is 0 Å². The second-order valence-corrected chi connectivity index (χ2v) is 9.19. The zero-order valence-corrected chi connectivity index (χ0v) is 19.2. The standard InChI is InChI=1S/C23H39N5O2/c1-23(2,3)20(30-5)14-27-22(25-4)26-13-17-8-6-9-18(12-17)15-28-11-7-10-19(16-28)21(24)29/h6,8-9,12,19-20H,7,10-11,13-16H2,1-5H3,(H2,24,29)(H2,25,26,27). The molecule has 30 heavy (non-hydrogen) atoms. The van der Waals surface area contributed by atoms with Crippen molar-refractivity contribution in [2.45, 2.75) is 52.8 Å². The van der Waals surface area contributed by atoms with Gasteiger partial charge in [-0.3, -0.25) is 14.7 Å². The molecular weight excluding hydrogens is 378 g/mol. The molecule has 7 nitrogen and oxygen atoms in total. The number of carbonyl (C=O) groups excluding carboxylic acids is 1. The van der Waals surface area contributed by atoms with Gasteiger partial charge in [0.1, 0.15) is 0 Å². The predicted octanol–water partition coefficient (Wildman–Crippen LogP) is 2.11. The Hall–Kier alpha value is -2.12. The van der Waals surface area contributed by atoms with Gasteiger partial charge in [-0.15, -0.1) is 0 Å². The molecule has 1 aromatic rings. The van der Waals surface area contributed by atoms with Crippen LogP contribution in [0.5, 0.6) is 0 Å². The van der Waals surface area contributed by atoms with Crippen LogP contribution in [0.25, 0.3) is 0 Å². The molecule has 1 aliphatic rings. The Kier molecular flexibility index (Phi) is 9.11. The van der Waals surface area contributed by atoms with Gasteiger partial charge < -0.3 is 21.1 Å². The summed E-state index contributed by atoms with van der Waals surface area (Å²) < 4.78 is 5.60. The first-order valence-corrected chi connectivity index (χ1v) is 10.8. The van der Waals surface area contributed by atoms with Gasteiger partial charge in [0, 0.05) is 40.3 Å². The zero-order chi connectivity index (χ0) is 22.1. The van der Waals surface area contributed by atoms with Crippen molar-refractivity contribution in [2.24, 2.45) is 22.1 Å². The molecule has 2 rings (SSSR count). The van der Waals surface area contributed by atoms with E-state index in [1.54, 1.807) is 14.2 Å². The number of methoxy groups -OCH3 is 1. The lowest BCUT2D eigenvalue weighted by Gasteiger charge is -2.31. The van der Waals surface area contributed by atoms with Crippen molar-refractivity contribution in [3.8, 4) is 0 Å². The summed E-state index contributed by atoms with van der Waals surface area (Å²) in [5.74, 6) is 0.549. The van der Waals surface area contributed by atoms with Crippen LogP contribution in [0.4, 0.5) is 0 Å². The Morgan fingerprint density at radius 3 is 2.70 bits per heavy atom. The van der Waals surface area contributed by atoms with E-state index < -0.39 is 0 Å². The van der Waals surface area contributed by atoms with E-state index in [0.29, 0.717) is 13.1 Å². The van der Waals surface area contributed by atoms with Gasteiger partial charge in [-0.2, -0.15) is 0 Å². The smallest absolute Gasteiger partial charge is 0.221 e. The van der Waals surface area contributed by atoms with Gasteiger partial charge in [-0.05, 0) is 35.9 Å². The molecule has 0 aromatic heterocycles. The third-order valence-electron chi connectivity index (χ3n) is 5.69. The molecule has 1 fully saturated rings. The maximum absolute atomic E-state index is 11.5. The van der Waals surface area contributed by atoms with Crippen LogP contribution in [0.1, 0.15) is 44.7 Å². The number of nitrogens with two attached hydrogens (primary N) is 1. The summed E-state index contributed by atoms with van der Waals surface area (Å²) in [6.45, 7) is 10.5. The third kappa shape index (κ3) is 7.61. The predicted molar refractivity (Wildman–Crippen MR) is 122 cm³/mol. The summed E-state index contributed by atoms with van der Waals surface area (Å²) in [6, 6.07) is 8.54. The van der Waals surface area contributed by atoms with Gasteiger partial charge in [-0.25, -0.2) is 0 Å². The zero-order valence-electron chi connectivity index (χ0n) is 19.2. The van der Waals surface area contributed by atoms with Gasteiger partial charge >= 0.3 is 0 Å². The summed E-state index contributed by atoms with van der Waals surface area (Å²) in [5.41, 5.74) is 7.99. The topological polar surface area (TPSA) is 92.0 Å². The molecule has 0 saturated carbocycles. The average Bonchev–Trinajstić information content (AvgIpc) is 2.70. The van der Waals surface area contributed by atoms with Crippen molar-refractivity contribution < 1.29 is 9.53 Å². The summed E-state index contributed by atoms with van der Waals surface area (Å²) in [6.07, 6.45) is 2.02. The highest BCUT2D eigenvalue weighted by Gasteiger charge is 2.25. The lowest BCUT2D eigenvalue weighted by atomic mass is 9.89. The molecule has 1 aromatic carbocycles. The molecule has 2 unspecified atom stereocenters. The number of rotatable bonds is 8. The van der Waals surface area contributed by atoms with E-state index in [2.05, 4.69) is 65.6 Å². The van der Waals surface area contributed by atoms with Gasteiger partial charge in [0.15, 0.2) is 5.96 Å². The Bertz CT molecular complexity index is 714. The fourth-order valence-electron chi connectivity index (χ4n) is 3.87. The fourth-order valence-corrected chi connectivity index (χ4v) is 3.87. The highest BCUT2D eigenvalue weighted by molar-refractivity contribution is 5.79. The molecule has 1 heterocycles. The van der Waals surface area contributed by atoms with E-state index in [1.165, 1.54) is 11.1 Å². The summed E-state index contributed by atoms with van der Waals surface area (Å²) in [4.78, 5) is 18.2. The molecular formula is C23H39N5O2. The summed E-state index contributed by atoms with van der Waals surface area (Å²) >= 11 is 0. The largest absolute Gasteiger partial charge is 0.379 e. The molecule has 168 valence electrons. The van der Waals surface area contributed by atoms with Crippen molar-refractivity contribution in [1.29, 1.82) is 0 Å². The van der Waals surface area contributed by atoms with Crippen molar-refractivity contribution in [3.63, 3.8) is 0 Å². The monoisotopic (exact) mass is 417 g/mol. The molecule has 1 amide bonds. The van der Waals surface area contributed by atoms with E-state index >= 15 is 0 Å². The number of hydrogen-bond donors (Lipinski definition) is 3. The normalized spacial score (nSPS) is 19.4. The number of guanidine groups is 1. The quantitative estimate of drug-likeness (QED) is 0.445. The number of likely N-dealkylation sites (tertiary alicyclic amines) is 1. The fraction of sp³-hybridized carbons (Fsp3) is 0.652. The van der Waals surface area contributed by atoms with Crippen LogP contribution in [-0.4, -0.2) is 56.7 Å². The lowest BCUT2D eigenvalue weighted by Crippen LogP contribution is -2.45. The van der Waals surface area contributed by atoms with Crippen LogP contribution >= 0.6 is 0 Å². The molecule has 1 aliphatic heterocycles. The Labute approximate surface area is 181 Å². The number of piperidine rings is 1. The minimum absolute atomic E-state index is 0.0259. The molecule has 1 saturated heterocycles. The minimum atomic E-state index is -0.182. The number of ether oxygens (including phenoxy) is 1. The van der Waals surface area contributed by atoms with Crippen molar-refractivity contribution in [2.75, 3.05) is 33.8 Å². The number of hydrogen-bond acceptors (Lipinski definition) is 4. The minimum Gasteiger partial charge on any atom is -0.379 e. The number of nitrogens with one attached hydrogen (secondary N) is 2. The number of carbonyl (C=O) groups is 1. The number of nitrogens with zero attached hydrogens (tertiary/aromatic N) is 2. The molecule has 0 spiro atoms. The highest BCUT2D eigenvalue weighted by Crippen LogP contribution is 2.21. The first-order valence-electron chi connectivity index (χ1n) is 10.8. The summed E-state index contributed by atoms with van der Waals surface area (Å²) in [7, 11) is 3.52. The van der Waals surface area contributed by atoms with Gasteiger partial charge in [0.2, 0.25) is 5.91 Å². The first-order chi connectivity index (χ1) is 14.2. The summed E-state index contributed by atoms with van der Waals surface area (Å²) in [5, 5.41) is 6.73. The maximum atomic E-state index is 11.5. The van der Waals surface area contributed by atoms with Gasteiger partial charge in [-0.1, -0.05) is 45.0 Å². The molecule has 0 bridgehead atoms. The van der Waals surface area contributed by atoms with Crippen molar-refractivity contribution in [1.82, 2.24) is 15.5 Å².